The van der Waals surface area contributed by atoms with Crippen molar-refractivity contribution in [2.45, 2.75) is 52.4 Å². The summed E-state index contributed by atoms with van der Waals surface area (Å²) < 4.78 is 13.3. The molecule has 1 saturated heterocycles. The van der Waals surface area contributed by atoms with Crippen molar-refractivity contribution in [1.29, 1.82) is 0 Å². The third-order valence-electron chi connectivity index (χ3n) is 5.25. The highest BCUT2D eigenvalue weighted by Gasteiger charge is 2.37. The minimum absolute atomic E-state index is 0.142. The van der Waals surface area contributed by atoms with Gasteiger partial charge in [0.15, 0.2) is 0 Å². The number of carbonyl (C=O) groups is 3. The third kappa shape index (κ3) is 4.42. The number of hydrogen-bond donors (Lipinski definition) is 2. The van der Waals surface area contributed by atoms with E-state index in [1.165, 1.54) is 18.2 Å². The first kappa shape index (κ1) is 23.2. The number of hydrogen-bond acceptors (Lipinski definition) is 4. The van der Waals surface area contributed by atoms with Crippen LogP contribution in [0.2, 0.25) is 0 Å². The van der Waals surface area contributed by atoms with Crippen LogP contribution in [0.25, 0.3) is 6.08 Å². The summed E-state index contributed by atoms with van der Waals surface area (Å²) >= 11 is 0. The second-order valence-electron chi connectivity index (χ2n) is 9.90. The number of nitrogens with one attached hydrogen (secondary N) is 1. The predicted molar refractivity (Wildman–Crippen MR) is 121 cm³/mol. The Labute approximate surface area is 186 Å². The fourth-order valence-electron chi connectivity index (χ4n) is 3.53. The van der Waals surface area contributed by atoms with E-state index in [9.17, 15) is 23.9 Å². The number of imide groups is 2. The molecule has 1 heterocycles. The van der Waals surface area contributed by atoms with Gasteiger partial charge in [0.25, 0.3) is 11.8 Å². The van der Waals surface area contributed by atoms with Crippen LogP contribution in [0.1, 0.15) is 58.2 Å². The Morgan fingerprint density at radius 3 is 1.88 bits per heavy atom. The smallest absolute Gasteiger partial charge is 0.335 e. The second-order valence-corrected chi connectivity index (χ2v) is 9.90. The lowest BCUT2D eigenvalue weighted by Crippen LogP contribution is -2.54. The van der Waals surface area contributed by atoms with Gasteiger partial charge in [-0.05, 0) is 58.9 Å². The van der Waals surface area contributed by atoms with Crippen molar-refractivity contribution in [1.82, 2.24) is 5.32 Å². The van der Waals surface area contributed by atoms with Crippen molar-refractivity contribution in [2.75, 3.05) is 4.90 Å². The van der Waals surface area contributed by atoms with Crippen molar-refractivity contribution in [2.24, 2.45) is 0 Å². The zero-order valence-electron chi connectivity index (χ0n) is 19.0. The molecule has 2 aromatic rings. The number of nitrogens with zero attached hydrogens (tertiary/aromatic N) is 1. The normalized spacial score (nSPS) is 16.5. The van der Waals surface area contributed by atoms with Gasteiger partial charge >= 0.3 is 6.03 Å². The minimum Gasteiger partial charge on any atom is -0.507 e. The largest absolute Gasteiger partial charge is 0.507 e. The van der Waals surface area contributed by atoms with Crippen molar-refractivity contribution in [3.8, 4) is 5.75 Å². The molecule has 32 heavy (non-hydrogen) atoms. The summed E-state index contributed by atoms with van der Waals surface area (Å²) in [6.45, 7) is 11.7. The van der Waals surface area contributed by atoms with Crippen LogP contribution in [-0.2, 0) is 20.4 Å². The maximum atomic E-state index is 13.3. The van der Waals surface area contributed by atoms with Crippen LogP contribution >= 0.6 is 0 Å². The summed E-state index contributed by atoms with van der Waals surface area (Å²) in [6.07, 6.45) is 1.41. The Bertz CT molecular complexity index is 1100. The molecule has 2 N–H and O–H groups in total. The molecule has 0 atom stereocenters. The standard InChI is InChI=1S/C25H27FN2O4/c1-24(2,3)18-12-14(13-19(20(18)29)25(4,5)6)11-17-21(30)27-23(32)28(22(17)31)16-9-7-15(26)8-10-16/h7-13,29H,1-6H3,(H,27,30,32). The highest BCUT2D eigenvalue weighted by molar-refractivity contribution is 6.39. The number of halogens is 1. The first-order chi connectivity index (χ1) is 14.7. The number of benzene rings is 2. The quantitative estimate of drug-likeness (QED) is 0.521. The molecule has 0 bridgehead atoms. The second kappa shape index (κ2) is 7.89. The van der Waals surface area contributed by atoms with E-state index in [0.717, 1.165) is 17.0 Å². The number of phenols is 1. The van der Waals surface area contributed by atoms with E-state index < -0.39 is 34.5 Å². The van der Waals surface area contributed by atoms with Crippen molar-refractivity contribution < 1.29 is 23.9 Å². The van der Waals surface area contributed by atoms with Crippen LogP contribution in [0.3, 0.4) is 0 Å². The summed E-state index contributed by atoms with van der Waals surface area (Å²) in [7, 11) is 0. The van der Waals surface area contributed by atoms with Gasteiger partial charge in [0.2, 0.25) is 0 Å². The van der Waals surface area contributed by atoms with E-state index in [-0.39, 0.29) is 17.0 Å². The highest BCUT2D eigenvalue weighted by atomic mass is 19.1. The summed E-state index contributed by atoms with van der Waals surface area (Å²) in [5.41, 5.74) is 1.01. The van der Waals surface area contributed by atoms with E-state index in [0.29, 0.717) is 16.7 Å². The summed E-state index contributed by atoms with van der Waals surface area (Å²) in [5, 5.41) is 13.1. The highest BCUT2D eigenvalue weighted by Crippen LogP contribution is 2.40. The van der Waals surface area contributed by atoms with Gasteiger partial charge in [-0.1, -0.05) is 41.5 Å². The first-order valence-corrected chi connectivity index (χ1v) is 10.2. The minimum atomic E-state index is -0.903. The summed E-state index contributed by atoms with van der Waals surface area (Å²) in [6, 6.07) is 7.39. The summed E-state index contributed by atoms with van der Waals surface area (Å²) in [4.78, 5) is 38.8. The molecule has 1 aliphatic heterocycles. The molecular formula is C25H27FN2O4. The number of amides is 4. The fraction of sp³-hybridized carbons (Fsp3) is 0.320. The molecule has 7 heteroatoms. The van der Waals surface area contributed by atoms with Crippen LogP contribution in [0.5, 0.6) is 5.75 Å². The van der Waals surface area contributed by atoms with Gasteiger partial charge in [-0.15, -0.1) is 0 Å². The SMILES string of the molecule is CC(C)(C)c1cc(C=C2C(=O)NC(=O)N(c3ccc(F)cc3)C2=O)cc(C(C)(C)C)c1O. The number of phenolic OH excluding ortho intramolecular Hbond substituents is 1. The fourth-order valence-corrected chi connectivity index (χ4v) is 3.53. The Hall–Kier alpha value is -3.48. The molecule has 0 unspecified atom stereocenters. The Morgan fingerprint density at radius 2 is 1.41 bits per heavy atom. The van der Waals surface area contributed by atoms with Crippen molar-refractivity contribution >= 4 is 29.6 Å². The van der Waals surface area contributed by atoms with Gasteiger partial charge in [-0.2, -0.15) is 0 Å². The van der Waals surface area contributed by atoms with Gasteiger partial charge in [-0.3, -0.25) is 14.9 Å². The lowest BCUT2D eigenvalue weighted by Gasteiger charge is -2.28. The van der Waals surface area contributed by atoms with Crippen LogP contribution in [0.15, 0.2) is 42.0 Å². The maximum Gasteiger partial charge on any atom is 0.335 e. The number of urea groups is 1. The zero-order valence-corrected chi connectivity index (χ0v) is 19.0. The molecule has 3 rings (SSSR count). The number of rotatable bonds is 2. The van der Waals surface area contributed by atoms with Crippen molar-refractivity contribution in [3.63, 3.8) is 0 Å². The van der Waals surface area contributed by atoms with Gasteiger partial charge in [0.1, 0.15) is 17.1 Å². The predicted octanol–water partition coefficient (Wildman–Crippen LogP) is 4.79. The van der Waals surface area contributed by atoms with Crippen LogP contribution in [0.4, 0.5) is 14.9 Å². The average molecular weight is 438 g/mol. The van der Waals surface area contributed by atoms with Gasteiger partial charge in [0.05, 0.1) is 5.69 Å². The number of carbonyl (C=O) groups excluding carboxylic acids is 3. The molecule has 0 saturated carbocycles. The molecule has 4 amide bonds. The summed E-state index contributed by atoms with van der Waals surface area (Å²) in [5.74, 6) is -1.97. The Balaban J connectivity index is 2.15. The molecule has 6 nitrogen and oxygen atoms in total. The lowest BCUT2D eigenvalue weighted by molar-refractivity contribution is -0.122. The van der Waals surface area contributed by atoms with Crippen molar-refractivity contribution in [3.05, 3.63) is 64.5 Å². The third-order valence-corrected chi connectivity index (χ3v) is 5.25. The van der Waals surface area contributed by atoms with Crippen LogP contribution in [-0.4, -0.2) is 23.0 Å². The molecule has 0 spiro atoms. The monoisotopic (exact) mass is 438 g/mol. The molecule has 1 fully saturated rings. The Kier molecular flexibility index (Phi) is 5.72. The molecule has 0 aliphatic carbocycles. The molecule has 0 radical (unpaired) electrons. The van der Waals surface area contributed by atoms with Gasteiger partial charge in [0, 0.05) is 11.1 Å². The number of aromatic hydroxyl groups is 1. The topological polar surface area (TPSA) is 86.7 Å². The van der Waals surface area contributed by atoms with E-state index in [1.807, 2.05) is 41.5 Å². The van der Waals surface area contributed by atoms with Crippen LogP contribution in [0, 0.1) is 5.82 Å². The molecular weight excluding hydrogens is 411 g/mol. The number of barbiturate groups is 1. The van der Waals surface area contributed by atoms with E-state index in [1.54, 1.807) is 12.1 Å². The van der Waals surface area contributed by atoms with Crippen LogP contribution < -0.4 is 10.2 Å². The van der Waals surface area contributed by atoms with Gasteiger partial charge < -0.3 is 5.11 Å². The molecule has 168 valence electrons. The Morgan fingerprint density at radius 1 is 0.906 bits per heavy atom. The maximum absolute atomic E-state index is 13.3. The number of anilines is 1. The average Bonchev–Trinajstić information content (AvgIpc) is 2.65. The lowest BCUT2D eigenvalue weighted by atomic mass is 9.78. The first-order valence-electron chi connectivity index (χ1n) is 10.2. The molecule has 0 aromatic heterocycles. The van der Waals surface area contributed by atoms with E-state index >= 15 is 0 Å². The van der Waals surface area contributed by atoms with E-state index in [4.69, 9.17) is 0 Å². The molecule has 2 aromatic carbocycles. The molecule has 1 aliphatic rings. The zero-order chi connectivity index (χ0) is 24.0. The van der Waals surface area contributed by atoms with E-state index in [2.05, 4.69) is 5.32 Å². The van der Waals surface area contributed by atoms with Gasteiger partial charge in [-0.25, -0.2) is 14.1 Å².